The fourth-order valence-corrected chi connectivity index (χ4v) is 2.01. The minimum atomic E-state index is 0.0976. The van der Waals surface area contributed by atoms with Crippen molar-refractivity contribution in [3.8, 4) is 11.5 Å². The molecule has 0 fully saturated rings. The molecule has 0 radical (unpaired) electrons. The van der Waals surface area contributed by atoms with E-state index in [0.717, 1.165) is 24.3 Å². The summed E-state index contributed by atoms with van der Waals surface area (Å²) in [5.41, 5.74) is 1.10. The maximum atomic E-state index is 11.6. The number of methoxy groups -OCH3 is 2. The van der Waals surface area contributed by atoms with E-state index >= 15 is 0 Å². The minimum Gasteiger partial charge on any atom is -0.493 e. The van der Waals surface area contributed by atoms with Gasteiger partial charge in [0.05, 0.1) is 14.2 Å². The fourth-order valence-electron chi connectivity index (χ4n) is 2.01. The van der Waals surface area contributed by atoms with E-state index in [1.807, 2.05) is 18.2 Å². The molecule has 0 bridgehead atoms. The van der Waals surface area contributed by atoms with E-state index in [1.165, 1.54) is 0 Å². The van der Waals surface area contributed by atoms with Gasteiger partial charge in [0, 0.05) is 26.1 Å². The van der Waals surface area contributed by atoms with E-state index in [-0.39, 0.29) is 5.91 Å². The maximum Gasteiger partial charge on any atom is 0.221 e. The normalized spacial score (nSPS) is 10.6. The van der Waals surface area contributed by atoms with Crippen molar-refractivity contribution >= 4 is 5.91 Å². The SMILES string of the molecule is COc1ccc(CNCCC(=O)NCCC(C)C)cc1OC. The van der Waals surface area contributed by atoms with Crippen LogP contribution in [0.3, 0.4) is 0 Å². The van der Waals surface area contributed by atoms with E-state index in [9.17, 15) is 4.79 Å². The van der Waals surface area contributed by atoms with Crippen LogP contribution in [0.5, 0.6) is 11.5 Å². The van der Waals surface area contributed by atoms with Crippen LogP contribution in [0.15, 0.2) is 18.2 Å². The van der Waals surface area contributed by atoms with Crippen molar-refractivity contribution in [2.45, 2.75) is 33.2 Å². The molecule has 1 aromatic rings. The number of ether oxygens (including phenoxy) is 2. The first-order valence-electron chi connectivity index (χ1n) is 7.75. The molecule has 1 aromatic carbocycles. The molecule has 0 unspecified atom stereocenters. The molecule has 0 aliphatic rings. The molecule has 1 amide bonds. The third-order valence-electron chi connectivity index (χ3n) is 3.35. The predicted octanol–water partition coefficient (Wildman–Crippen LogP) is 2.35. The number of hydrogen-bond acceptors (Lipinski definition) is 4. The van der Waals surface area contributed by atoms with Gasteiger partial charge >= 0.3 is 0 Å². The standard InChI is InChI=1S/C17H28N2O3/c1-13(2)7-10-19-17(20)8-9-18-12-14-5-6-15(21-3)16(11-14)22-4/h5-6,11,13,18H,7-10,12H2,1-4H3,(H,19,20). The summed E-state index contributed by atoms with van der Waals surface area (Å²) in [6.45, 7) is 6.40. The summed E-state index contributed by atoms with van der Waals surface area (Å²) in [5, 5.41) is 6.19. The molecular weight excluding hydrogens is 280 g/mol. The van der Waals surface area contributed by atoms with Crippen molar-refractivity contribution in [3.05, 3.63) is 23.8 Å². The van der Waals surface area contributed by atoms with Crippen LogP contribution >= 0.6 is 0 Å². The first-order valence-corrected chi connectivity index (χ1v) is 7.75. The second-order valence-corrected chi connectivity index (χ2v) is 5.65. The van der Waals surface area contributed by atoms with E-state index in [0.29, 0.717) is 31.2 Å². The average Bonchev–Trinajstić information content (AvgIpc) is 2.51. The summed E-state index contributed by atoms with van der Waals surface area (Å²) in [7, 11) is 3.24. The molecule has 1 rings (SSSR count). The van der Waals surface area contributed by atoms with Gasteiger partial charge in [-0.3, -0.25) is 4.79 Å². The van der Waals surface area contributed by atoms with Crippen LogP contribution in [-0.2, 0) is 11.3 Å². The molecule has 0 aromatic heterocycles. The Balaban J connectivity index is 2.25. The Labute approximate surface area is 133 Å². The number of hydrogen-bond donors (Lipinski definition) is 2. The van der Waals surface area contributed by atoms with Gasteiger partial charge in [-0.05, 0) is 30.0 Å². The van der Waals surface area contributed by atoms with Crippen LogP contribution in [0, 0.1) is 5.92 Å². The molecule has 0 saturated heterocycles. The lowest BCUT2D eigenvalue weighted by Crippen LogP contribution is -2.28. The number of benzene rings is 1. The highest BCUT2D eigenvalue weighted by Crippen LogP contribution is 2.27. The summed E-state index contributed by atoms with van der Waals surface area (Å²) < 4.78 is 10.5. The molecule has 0 aliphatic carbocycles. The molecule has 22 heavy (non-hydrogen) atoms. The van der Waals surface area contributed by atoms with Crippen molar-refractivity contribution in [2.75, 3.05) is 27.3 Å². The number of carbonyl (C=O) groups excluding carboxylic acids is 1. The molecule has 0 atom stereocenters. The van der Waals surface area contributed by atoms with Gasteiger partial charge in [-0.25, -0.2) is 0 Å². The first-order chi connectivity index (χ1) is 10.6. The molecule has 0 heterocycles. The van der Waals surface area contributed by atoms with Crippen molar-refractivity contribution in [2.24, 2.45) is 5.92 Å². The lowest BCUT2D eigenvalue weighted by Gasteiger charge is -2.10. The van der Waals surface area contributed by atoms with Gasteiger partial charge in [0.2, 0.25) is 5.91 Å². The molecule has 124 valence electrons. The summed E-state index contributed by atoms with van der Waals surface area (Å²) >= 11 is 0. The third-order valence-corrected chi connectivity index (χ3v) is 3.35. The van der Waals surface area contributed by atoms with Gasteiger partial charge in [0.15, 0.2) is 11.5 Å². The Morgan fingerprint density at radius 1 is 1.14 bits per heavy atom. The third kappa shape index (κ3) is 6.80. The van der Waals surface area contributed by atoms with E-state index < -0.39 is 0 Å². The number of nitrogens with one attached hydrogen (secondary N) is 2. The Hall–Kier alpha value is -1.75. The monoisotopic (exact) mass is 308 g/mol. The van der Waals surface area contributed by atoms with Crippen LogP contribution in [-0.4, -0.2) is 33.2 Å². The lowest BCUT2D eigenvalue weighted by molar-refractivity contribution is -0.121. The zero-order valence-corrected chi connectivity index (χ0v) is 14.1. The summed E-state index contributed by atoms with van der Waals surface area (Å²) in [6, 6.07) is 5.81. The number of amides is 1. The van der Waals surface area contributed by atoms with Crippen molar-refractivity contribution in [1.29, 1.82) is 0 Å². The van der Waals surface area contributed by atoms with Crippen molar-refractivity contribution in [1.82, 2.24) is 10.6 Å². The summed E-state index contributed by atoms with van der Waals surface area (Å²) in [6.07, 6.45) is 1.51. The Bertz CT molecular complexity index is 461. The molecule has 2 N–H and O–H groups in total. The van der Waals surface area contributed by atoms with Gasteiger partial charge in [-0.1, -0.05) is 19.9 Å². The van der Waals surface area contributed by atoms with Gasteiger partial charge in [-0.2, -0.15) is 0 Å². The smallest absolute Gasteiger partial charge is 0.221 e. The molecular formula is C17H28N2O3. The Kier molecular flexibility index (Phi) is 8.36. The van der Waals surface area contributed by atoms with Crippen LogP contribution in [0.4, 0.5) is 0 Å². The molecule has 0 saturated carbocycles. The lowest BCUT2D eigenvalue weighted by atomic mass is 10.1. The maximum absolute atomic E-state index is 11.6. The highest BCUT2D eigenvalue weighted by Gasteiger charge is 2.05. The predicted molar refractivity (Wildman–Crippen MR) is 88.3 cm³/mol. The van der Waals surface area contributed by atoms with Gasteiger partial charge in [-0.15, -0.1) is 0 Å². The summed E-state index contributed by atoms with van der Waals surface area (Å²) in [5.74, 6) is 2.15. The topological polar surface area (TPSA) is 59.6 Å². The summed E-state index contributed by atoms with van der Waals surface area (Å²) in [4.78, 5) is 11.6. The second kappa shape index (κ2) is 10.1. The van der Waals surface area contributed by atoms with Gasteiger partial charge in [0.1, 0.15) is 0 Å². The first kappa shape index (κ1) is 18.3. The van der Waals surface area contributed by atoms with Crippen molar-refractivity contribution < 1.29 is 14.3 Å². The Morgan fingerprint density at radius 2 is 1.86 bits per heavy atom. The Morgan fingerprint density at radius 3 is 2.50 bits per heavy atom. The van der Waals surface area contributed by atoms with Crippen molar-refractivity contribution in [3.63, 3.8) is 0 Å². The number of carbonyl (C=O) groups is 1. The zero-order valence-electron chi connectivity index (χ0n) is 14.1. The quantitative estimate of drug-likeness (QED) is 0.651. The van der Waals surface area contributed by atoms with E-state index in [4.69, 9.17) is 9.47 Å². The highest BCUT2D eigenvalue weighted by molar-refractivity contribution is 5.75. The molecule has 0 spiro atoms. The largest absolute Gasteiger partial charge is 0.493 e. The average molecular weight is 308 g/mol. The second-order valence-electron chi connectivity index (χ2n) is 5.65. The molecule has 5 heteroatoms. The minimum absolute atomic E-state index is 0.0976. The van der Waals surface area contributed by atoms with E-state index in [1.54, 1.807) is 14.2 Å². The molecule has 0 aliphatic heterocycles. The van der Waals surface area contributed by atoms with Gasteiger partial charge < -0.3 is 20.1 Å². The van der Waals surface area contributed by atoms with Crippen LogP contribution in [0.25, 0.3) is 0 Å². The zero-order chi connectivity index (χ0) is 16.4. The molecule has 5 nitrogen and oxygen atoms in total. The van der Waals surface area contributed by atoms with Crippen LogP contribution in [0.2, 0.25) is 0 Å². The van der Waals surface area contributed by atoms with E-state index in [2.05, 4.69) is 24.5 Å². The van der Waals surface area contributed by atoms with Crippen LogP contribution < -0.4 is 20.1 Å². The highest BCUT2D eigenvalue weighted by atomic mass is 16.5. The number of rotatable bonds is 10. The van der Waals surface area contributed by atoms with Gasteiger partial charge in [0.25, 0.3) is 0 Å². The fraction of sp³-hybridized carbons (Fsp3) is 0.588. The van der Waals surface area contributed by atoms with Crippen LogP contribution in [0.1, 0.15) is 32.3 Å².